The van der Waals surface area contributed by atoms with E-state index in [1.807, 2.05) is 0 Å². The summed E-state index contributed by atoms with van der Waals surface area (Å²) in [6, 6.07) is 3.86. The topological polar surface area (TPSA) is 57.6 Å². The molecule has 1 aliphatic rings. The average molecular weight is 300 g/mol. The van der Waals surface area contributed by atoms with E-state index in [-0.39, 0.29) is 16.6 Å². The molecule has 1 saturated carbocycles. The van der Waals surface area contributed by atoms with Crippen LogP contribution in [0.5, 0.6) is 0 Å². The molecule has 0 aliphatic heterocycles. The third-order valence-corrected chi connectivity index (χ3v) is 3.90. The van der Waals surface area contributed by atoms with Crippen molar-refractivity contribution in [1.82, 2.24) is 4.90 Å². The Morgan fingerprint density at radius 1 is 1.35 bits per heavy atom. The van der Waals surface area contributed by atoms with Gasteiger partial charge in [0.15, 0.2) is 0 Å². The van der Waals surface area contributed by atoms with Crippen LogP contribution in [-0.4, -0.2) is 34.5 Å². The summed E-state index contributed by atoms with van der Waals surface area (Å²) in [5, 5.41) is 8.70. The van der Waals surface area contributed by atoms with Gasteiger partial charge in [0.1, 0.15) is 12.4 Å². The van der Waals surface area contributed by atoms with E-state index in [0.717, 1.165) is 31.7 Å². The second kappa shape index (κ2) is 6.22. The van der Waals surface area contributed by atoms with Crippen LogP contribution in [-0.2, 0) is 4.79 Å². The van der Waals surface area contributed by atoms with Crippen molar-refractivity contribution in [3.63, 3.8) is 0 Å². The molecule has 6 heteroatoms. The minimum Gasteiger partial charge on any atom is -0.480 e. The van der Waals surface area contributed by atoms with Crippen LogP contribution in [0.2, 0.25) is 5.02 Å². The first kappa shape index (κ1) is 14.8. The number of benzene rings is 1. The van der Waals surface area contributed by atoms with Gasteiger partial charge in [-0.2, -0.15) is 0 Å². The zero-order valence-electron chi connectivity index (χ0n) is 10.8. The Hall–Kier alpha value is -1.62. The molecule has 2 rings (SSSR count). The maximum atomic E-state index is 13.4. The van der Waals surface area contributed by atoms with Crippen molar-refractivity contribution < 1.29 is 19.1 Å². The summed E-state index contributed by atoms with van der Waals surface area (Å²) >= 11 is 5.81. The Morgan fingerprint density at radius 2 is 2.00 bits per heavy atom. The summed E-state index contributed by atoms with van der Waals surface area (Å²) < 4.78 is 13.4. The smallest absolute Gasteiger partial charge is 0.323 e. The van der Waals surface area contributed by atoms with E-state index in [1.54, 1.807) is 0 Å². The van der Waals surface area contributed by atoms with Crippen molar-refractivity contribution in [3.05, 3.63) is 34.6 Å². The van der Waals surface area contributed by atoms with Gasteiger partial charge in [-0.15, -0.1) is 0 Å². The molecule has 1 aromatic rings. The van der Waals surface area contributed by atoms with Crippen LogP contribution >= 0.6 is 11.6 Å². The van der Waals surface area contributed by atoms with E-state index in [1.165, 1.54) is 17.0 Å². The van der Waals surface area contributed by atoms with Gasteiger partial charge in [0.2, 0.25) is 0 Å². The van der Waals surface area contributed by atoms with Crippen molar-refractivity contribution in [1.29, 1.82) is 0 Å². The third-order valence-electron chi connectivity index (χ3n) is 3.51. The van der Waals surface area contributed by atoms with Gasteiger partial charge < -0.3 is 10.0 Å². The largest absolute Gasteiger partial charge is 0.480 e. The standard InChI is InChI=1S/C14H15ClFNO3/c15-13-10(6-3-7-11(13)16)14(20)17(8-12(18)19)9-4-1-2-5-9/h3,6-7,9H,1-2,4-5,8H2,(H,18,19). The highest BCUT2D eigenvalue weighted by Gasteiger charge is 2.30. The minimum absolute atomic E-state index is 0.0137. The molecule has 4 nitrogen and oxygen atoms in total. The summed E-state index contributed by atoms with van der Waals surface area (Å²) in [6.07, 6.45) is 3.47. The SMILES string of the molecule is O=C(O)CN(C(=O)c1cccc(F)c1Cl)C1CCCC1. The number of hydrogen-bond donors (Lipinski definition) is 1. The van der Waals surface area contributed by atoms with E-state index in [2.05, 4.69) is 0 Å². The zero-order valence-corrected chi connectivity index (χ0v) is 11.6. The maximum absolute atomic E-state index is 13.4. The van der Waals surface area contributed by atoms with Crippen molar-refractivity contribution in [2.45, 2.75) is 31.7 Å². The van der Waals surface area contributed by atoms with Crippen molar-refractivity contribution in [2.75, 3.05) is 6.54 Å². The van der Waals surface area contributed by atoms with Gasteiger partial charge in [0.05, 0.1) is 10.6 Å². The van der Waals surface area contributed by atoms with Gasteiger partial charge >= 0.3 is 5.97 Å². The van der Waals surface area contributed by atoms with E-state index in [9.17, 15) is 14.0 Å². The van der Waals surface area contributed by atoms with E-state index >= 15 is 0 Å². The fourth-order valence-electron chi connectivity index (χ4n) is 2.55. The quantitative estimate of drug-likeness (QED) is 0.930. The first-order valence-electron chi connectivity index (χ1n) is 6.47. The number of carbonyl (C=O) groups is 2. The van der Waals surface area contributed by atoms with E-state index < -0.39 is 24.2 Å². The molecule has 1 aliphatic carbocycles. The summed E-state index contributed by atoms with van der Waals surface area (Å²) in [4.78, 5) is 24.7. The summed E-state index contributed by atoms with van der Waals surface area (Å²) in [5.41, 5.74) is 0.0137. The van der Waals surface area contributed by atoms with Gasteiger partial charge in [-0.1, -0.05) is 30.5 Å². The van der Waals surface area contributed by atoms with Crippen LogP contribution in [0.1, 0.15) is 36.0 Å². The lowest BCUT2D eigenvalue weighted by molar-refractivity contribution is -0.138. The molecule has 0 spiro atoms. The van der Waals surface area contributed by atoms with Gasteiger partial charge in [0, 0.05) is 6.04 Å². The normalized spacial score (nSPS) is 15.3. The van der Waals surface area contributed by atoms with Gasteiger partial charge in [0.25, 0.3) is 5.91 Å². The highest BCUT2D eigenvalue weighted by atomic mass is 35.5. The van der Waals surface area contributed by atoms with E-state index in [4.69, 9.17) is 16.7 Å². The number of carboxylic acid groups (broad SMARTS) is 1. The highest BCUT2D eigenvalue weighted by molar-refractivity contribution is 6.34. The molecule has 0 radical (unpaired) electrons. The molecular weight excluding hydrogens is 285 g/mol. The first-order valence-corrected chi connectivity index (χ1v) is 6.85. The lowest BCUT2D eigenvalue weighted by Crippen LogP contribution is -2.42. The fourth-order valence-corrected chi connectivity index (χ4v) is 2.76. The van der Waals surface area contributed by atoms with Gasteiger partial charge in [-0.3, -0.25) is 9.59 Å². The lowest BCUT2D eigenvalue weighted by Gasteiger charge is -2.27. The zero-order chi connectivity index (χ0) is 14.7. The number of nitrogens with zero attached hydrogens (tertiary/aromatic N) is 1. The minimum atomic E-state index is -1.09. The molecule has 1 fully saturated rings. The molecule has 0 bridgehead atoms. The Bertz CT molecular complexity index is 529. The predicted octanol–water partition coefficient (Wildman–Crippen LogP) is 2.95. The number of hydrogen-bond acceptors (Lipinski definition) is 2. The maximum Gasteiger partial charge on any atom is 0.323 e. The second-order valence-corrected chi connectivity index (χ2v) is 5.24. The van der Waals surface area contributed by atoms with Crippen LogP contribution in [0, 0.1) is 5.82 Å². The molecule has 20 heavy (non-hydrogen) atoms. The Balaban J connectivity index is 2.29. The van der Waals surface area contributed by atoms with Crippen molar-refractivity contribution in [2.24, 2.45) is 0 Å². The molecule has 1 N–H and O–H groups in total. The molecule has 0 heterocycles. The molecule has 0 unspecified atom stereocenters. The van der Waals surface area contributed by atoms with Gasteiger partial charge in [-0.05, 0) is 25.0 Å². The number of aliphatic carboxylic acids is 1. The second-order valence-electron chi connectivity index (χ2n) is 4.87. The number of halogens is 2. The molecular formula is C14H15ClFNO3. The fraction of sp³-hybridized carbons (Fsp3) is 0.429. The van der Waals surface area contributed by atoms with Crippen LogP contribution in [0.25, 0.3) is 0 Å². The molecule has 0 saturated heterocycles. The first-order chi connectivity index (χ1) is 9.50. The Kier molecular flexibility index (Phi) is 4.60. The van der Waals surface area contributed by atoms with Crippen molar-refractivity contribution >= 4 is 23.5 Å². The Labute approximate surface area is 121 Å². The monoisotopic (exact) mass is 299 g/mol. The summed E-state index contributed by atoms with van der Waals surface area (Å²) in [7, 11) is 0. The lowest BCUT2D eigenvalue weighted by atomic mass is 10.1. The van der Waals surface area contributed by atoms with Crippen LogP contribution < -0.4 is 0 Å². The van der Waals surface area contributed by atoms with E-state index in [0.29, 0.717) is 0 Å². The molecule has 1 aromatic carbocycles. The van der Waals surface area contributed by atoms with Gasteiger partial charge in [-0.25, -0.2) is 4.39 Å². The predicted molar refractivity (Wildman–Crippen MR) is 72.3 cm³/mol. The summed E-state index contributed by atoms with van der Waals surface area (Å²) in [5.74, 6) is -2.29. The highest BCUT2D eigenvalue weighted by Crippen LogP contribution is 2.27. The molecule has 108 valence electrons. The number of carbonyl (C=O) groups excluding carboxylic acids is 1. The number of rotatable bonds is 4. The third kappa shape index (κ3) is 3.10. The number of amides is 1. The van der Waals surface area contributed by atoms with Crippen LogP contribution in [0.4, 0.5) is 4.39 Å². The summed E-state index contributed by atoms with van der Waals surface area (Å²) in [6.45, 7) is -0.393. The molecule has 0 atom stereocenters. The molecule has 0 aromatic heterocycles. The van der Waals surface area contributed by atoms with Crippen LogP contribution in [0.3, 0.4) is 0 Å². The number of carboxylic acids is 1. The Morgan fingerprint density at radius 3 is 2.60 bits per heavy atom. The molecule has 1 amide bonds. The average Bonchev–Trinajstić information content (AvgIpc) is 2.92. The van der Waals surface area contributed by atoms with Crippen molar-refractivity contribution in [3.8, 4) is 0 Å². The van der Waals surface area contributed by atoms with Crippen LogP contribution in [0.15, 0.2) is 18.2 Å².